The molecule has 1 atom stereocenters. The topological polar surface area (TPSA) is 55.4 Å². The summed E-state index contributed by atoms with van der Waals surface area (Å²) in [5.41, 5.74) is 2.28. The zero-order chi connectivity index (χ0) is 19.2. The highest BCUT2D eigenvalue weighted by Gasteiger charge is 2.24. The number of esters is 1. The Morgan fingerprint density at radius 3 is 2.56 bits per heavy atom. The molecule has 0 aliphatic rings. The van der Waals surface area contributed by atoms with Crippen LogP contribution in [-0.2, 0) is 16.0 Å². The lowest BCUT2D eigenvalue weighted by Crippen LogP contribution is -2.43. The lowest BCUT2D eigenvalue weighted by atomic mass is 10.0. The van der Waals surface area contributed by atoms with E-state index in [0.717, 1.165) is 20.5 Å². The second-order valence-electron chi connectivity index (χ2n) is 5.91. The summed E-state index contributed by atoms with van der Waals surface area (Å²) in [6.07, 6.45) is 0.365. The van der Waals surface area contributed by atoms with Gasteiger partial charge >= 0.3 is 5.97 Å². The van der Waals surface area contributed by atoms with Crippen molar-refractivity contribution < 1.29 is 14.3 Å². The Labute approximate surface area is 170 Å². The molecule has 1 amide bonds. The van der Waals surface area contributed by atoms with Crippen molar-refractivity contribution in [3.8, 4) is 10.4 Å². The van der Waals surface area contributed by atoms with Crippen LogP contribution in [0, 0.1) is 0 Å². The Balaban J connectivity index is 1.87. The minimum atomic E-state index is -0.760. The van der Waals surface area contributed by atoms with E-state index in [1.54, 1.807) is 17.4 Å². The molecule has 0 aliphatic heterocycles. The number of ether oxygens (including phenoxy) is 1. The maximum absolute atomic E-state index is 13.0. The molecule has 2 aromatic carbocycles. The zero-order valence-electron chi connectivity index (χ0n) is 14.6. The predicted octanol–water partition coefficient (Wildman–Crippen LogP) is 4.69. The molecule has 0 saturated carbocycles. The Morgan fingerprint density at radius 2 is 1.89 bits per heavy atom. The number of nitrogens with one attached hydrogen (secondary N) is 1. The minimum Gasteiger partial charge on any atom is -0.467 e. The molecule has 0 saturated heterocycles. The highest BCUT2D eigenvalue weighted by atomic mass is 79.9. The molecule has 0 bridgehead atoms. The number of carbonyl (C=O) groups excluding carboxylic acids is 2. The molecule has 3 rings (SSSR count). The van der Waals surface area contributed by atoms with E-state index in [9.17, 15) is 9.59 Å². The van der Waals surface area contributed by atoms with Gasteiger partial charge in [-0.2, -0.15) is 0 Å². The van der Waals surface area contributed by atoms with E-state index in [4.69, 9.17) is 4.74 Å². The largest absolute Gasteiger partial charge is 0.467 e. The summed E-state index contributed by atoms with van der Waals surface area (Å²) in [4.78, 5) is 26.2. The molecule has 1 N–H and O–H groups in total. The van der Waals surface area contributed by atoms with Gasteiger partial charge in [0.25, 0.3) is 5.91 Å². The number of hydrogen-bond acceptors (Lipinski definition) is 4. The smallest absolute Gasteiger partial charge is 0.328 e. The highest BCUT2D eigenvalue weighted by Crippen LogP contribution is 2.30. The lowest BCUT2D eigenvalue weighted by Gasteiger charge is -2.18. The van der Waals surface area contributed by atoms with Crippen LogP contribution in [0.1, 0.15) is 15.9 Å². The molecule has 0 unspecified atom stereocenters. The van der Waals surface area contributed by atoms with Gasteiger partial charge in [-0.15, -0.1) is 11.3 Å². The van der Waals surface area contributed by atoms with E-state index >= 15 is 0 Å². The van der Waals surface area contributed by atoms with Crippen LogP contribution in [0.4, 0.5) is 0 Å². The van der Waals surface area contributed by atoms with Gasteiger partial charge < -0.3 is 10.1 Å². The Bertz CT molecular complexity index is 926. The number of rotatable bonds is 6. The van der Waals surface area contributed by atoms with Crippen LogP contribution in [0.25, 0.3) is 10.4 Å². The third-order valence-corrected chi connectivity index (χ3v) is 5.48. The summed E-state index contributed by atoms with van der Waals surface area (Å²) in [7, 11) is 1.32. The van der Waals surface area contributed by atoms with Crippen LogP contribution >= 0.6 is 27.3 Å². The summed E-state index contributed by atoms with van der Waals surface area (Å²) in [5, 5.41) is 4.79. The maximum Gasteiger partial charge on any atom is 0.328 e. The van der Waals surface area contributed by atoms with Crippen molar-refractivity contribution in [1.82, 2.24) is 5.32 Å². The molecule has 3 aromatic rings. The van der Waals surface area contributed by atoms with Crippen molar-refractivity contribution >= 4 is 39.1 Å². The summed E-state index contributed by atoms with van der Waals surface area (Å²) in [6.45, 7) is 0. The molecule has 1 aromatic heterocycles. The second-order valence-corrected chi connectivity index (χ2v) is 7.77. The van der Waals surface area contributed by atoms with Crippen molar-refractivity contribution in [1.29, 1.82) is 0 Å². The number of methoxy groups -OCH3 is 1. The van der Waals surface area contributed by atoms with Crippen LogP contribution in [0.15, 0.2) is 70.5 Å². The molecule has 6 heteroatoms. The lowest BCUT2D eigenvalue weighted by molar-refractivity contribution is -0.142. The third-order valence-electron chi connectivity index (χ3n) is 4.09. The van der Waals surface area contributed by atoms with Gasteiger partial charge in [0, 0.05) is 26.9 Å². The van der Waals surface area contributed by atoms with Crippen molar-refractivity contribution in [2.24, 2.45) is 0 Å². The summed E-state index contributed by atoms with van der Waals surface area (Å²) in [6, 6.07) is 18.2. The number of thiophene rings is 1. The summed E-state index contributed by atoms with van der Waals surface area (Å²) < 4.78 is 5.77. The number of halogens is 1. The standard InChI is InChI=1S/C21H18BrNO3S/c1-26-21(25)18(12-14-6-3-2-4-7-14)23-20(24)16-10-9-15(22)13-17(16)19-8-5-11-27-19/h2-11,13,18H,12H2,1H3,(H,23,24)/t18-/m1/s1. The van der Waals surface area contributed by atoms with E-state index in [0.29, 0.717) is 12.0 Å². The summed E-state index contributed by atoms with van der Waals surface area (Å²) >= 11 is 5.02. The Kier molecular flexibility index (Phi) is 6.42. The number of hydrogen-bond donors (Lipinski definition) is 1. The van der Waals surface area contributed by atoms with Gasteiger partial charge in [-0.3, -0.25) is 4.79 Å². The number of amides is 1. The normalized spacial score (nSPS) is 11.6. The van der Waals surface area contributed by atoms with Gasteiger partial charge in [0.15, 0.2) is 0 Å². The average Bonchev–Trinajstić information content (AvgIpc) is 3.22. The van der Waals surface area contributed by atoms with E-state index in [1.807, 2.05) is 60.0 Å². The first-order valence-electron chi connectivity index (χ1n) is 8.34. The van der Waals surface area contributed by atoms with Crippen LogP contribution in [0.3, 0.4) is 0 Å². The average molecular weight is 444 g/mol. The van der Waals surface area contributed by atoms with E-state index in [1.165, 1.54) is 7.11 Å². The van der Waals surface area contributed by atoms with E-state index in [-0.39, 0.29) is 5.91 Å². The van der Waals surface area contributed by atoms with Gasteiger partial charge in [-0.25, -0.2) is 4.79 Å². The van der Waals surface area contributed by atoms with Crippen LogP contribution < -0.4 is 5.32 Å². The van der Waals surface area contributed by atoms with Gasteiger partial charge in [-0.05, 0) is 35.2 Å². The monoisotopic (exact) mass is 443 g/mol. The molecule has 1 heterocycles. The van der Waals surface area contributed by atoms with Crippen molar-refractivity contribution in [2.45, 2.75) is 12.5 Å². The molecule has 27 heavy (non-hydrogen) atoms. The van der Waals surface area contributed by atoms with E-state index in [2.05, 4.69) is 21.2 Å². The maximum atomic E-state index is 13.0. The first kappa shape index (κ1) is 19.3. The molecular formula is C21H18BrNO3S. The number of benzene rings is 2. The van der Waals surface area contributed by atoms with Crippen molar-refractivity contribution in [3.63, 3.8) is 0 Å². The minimum absolute atomic E-state index is 0.308. The molecule has 0 fully saturated rings. The molecule has 138 valence electrons. The van der Waals surface area contributed by atoms with Crippen LogP contribution in [-0.4, -0.2) is 25.0 Å². The predicted molar refractivity (Wildman–Crippen MR) is 111 cm³/mol. The quantitative estimate of drug-likeness (QED) is 0.562. The SMILES string of the molecule is COC(=O)[C@@H](Cc1ccccc1)NC(=O)c1ccc(Br)cc1-c1cccs1. The first-order valence-corrected chi connectivity index (χ1v) is 10.0. The van der Waals surface area contributed by atoms with Crippen molar-refractivity contribution in [3.05, 3.63) is 81.6 Å². The Hall–Kier alpha value is -2.44. The second kappa shape index (κ2) is 8.97. The summed E-state index contributed by atoms with van der Waals surface area (Å²) in [5.74, 6) is -0.779. The van der Waals surface area contributed by atoms with Gasteiger partial charge in [0.1, 0.15) is 6.04 Å². The Morgan fingerprint density at radius 1 is 1.11 bits per heavy atom. The van der Waals surface area contributed by atoms with Crippen LogP contribution in [0.5, 0.6) is 0 Å². The molecule has 0 radical (unpaired) electrons. The molecule has 0 aliphatic carbocycles. The van der Waals surface area contributed by atoms with Gasteiger partial charge in [0.05, 0.1) is 7.11 Å². The third kappa shape index (κ3) is 4.84. The van der Waals surface area contributed by atoms with Crippen LogP contribution in [0.2, 0.25) is 0 Å². The first-order chi connectivity index (χ1) is 13.1. The fourth-order valence-corrected chi connectivity index (χ4v) is 3.89. The van der Waals surface area contributed by atoms with Crippen molar-refractivity contribution in [2.75, 3.05) is 7.11 Å². The number of carbonyl (C=O) groups is 2. The van der Waals surface area contributed by atoms with Gasteiger partial charge in [0.2, 0.25) is 0 Å². The van der Waals surface area contributed by atoms with Gasteiger partial charge in [-0.1, -0.05) is 52.3 Å². The fourth-order valence-electron chi connectivity index (χ4n) is 2.77. The fraction of sp³-hybridized carbons (Fsp3) is 0.143. The molecule has 4 nitrogen and oxygen atoms in total. The highest BCUT2D eigenvalue weighted by molar-refractivity contribution is 9.10. The molecular weight excluding hydrogens is 426 g/mol. The molecule has 0 spiro atoms. The zero-order valence-corrected chi connectivity index (χ0v) is 17.0. The van der Waals surface area contributed by atoms with E-state index < -0.39 is 12.0 Å².